The van der Waals surface area contributed by atoms with Gasteiger partial charge >= 0.3 is 0 Å². The van der Waals surface area contributed by atoms with E-state index >= 15 is 0 Å². The van der Waals surface area contributed by atoms with Crippen LogP contribution in [-0.4, -0.2) is 11.0 Å². The first-order valence-corrected chi connectivity index (χ1v) is 8.09. The van der Waals surface area contributed by atoms with E-state index in [0.717, 1.165) is 11.9 Å². The molecule has 2 aliphatic carbocycles. The van der Waals surface area contributed by atoms with Crippen molar-refractivity contribution in [1.82, 2.24) is 4.98 Å². The average Bonchev–Trinajstić information content (AvgIpc) is 2.96. The van der Waals surface area contributed by atoms with Gasteiger partial charge in [0.1, 0.15) is 0 Å². The Bertz CT molecular complexity index is 627. The molecular weight excluding hydrogens is 244 g/mol. The Labute approximate surface area is 120 Å². The van der Waals surface area contributed by atoms with E-state index in [1.165, 1.54) is 67.3 Å². The largest absolute Gasteiger partial charge is 0.381 e. The lowest BCUT2D eigenvalue weighted by Gasteiger charge is -2.26. The van der Waals surface area contributed by atoms with Crippen LogP contribution in [-0.2, 0) is 12.8 Å². The fourth-order valence-corrected chi connectivity index (χ4v) is 3.83. The van der Waals surface area contributed by atoms with Crippen molar-refractivity contribution in [2.24, 2.45) is 0 Å². The van der Waals surface area contributed by atoms with Crippen LogP contribution in [0.1, 0.15) is 49.8 Å². The molecule has 2 nitrogen and oxygen atoms in total. The van der Waals surface area contributed by atoms with Gasteiger partial charge in [-0.15, -0.1) is 0 Å². The predicted octanol–water partition coefficient (Wildman–Crippen LogP) is 4.47. The van der Waals surface area contributed by atoms with Crippen LogP contribution in [0.15, 0.2) is 24.3 Å². The minimum absolute atomic E-state index is 0.666. The van der Waals surface area contributed by atoms with E-state index in [9.17, 15) is 0 Å². The highest BCUT2D eigenvalue weighted by Crippen LogP contribution is 2.35. The van der Waals surface area contributed by atoms with E-state index in [-0.39, 0.29) is 0 Å². The van der Waals surface area contributed by atoms with E-state index in [2.05, 4.69) is 29.6 Å². The van der Waals surface area contributed by atoms with Gasteiger partial charge in [0.15, 0.2) is 0 Å². The number of aromatic nitrogens is 1. The second-order valence-electron chi connectivity index (χ2n) is 6.26. The van der Waals surface area contributed by atoms with Crippen molar-refractivity contribution in [3.05, 3.63) is 35.5 Å². The van der Waals surface area contributed by atoms with Crippen LogP contribution in [0.3, 0.4) is 0 Å². The van der Waals surface area contributed by atoms with Crippen molar-refractivity contribution in [3.63, 3.8) is 0 Å². The molecule has 0 spiro atoms. The number of nitrogens with zero attached hydrogens (tertiary/aromatic N) is 1. The molecule has 4 rings (SSSR count). The van der Waals surface area contributed by atoms with Gasteiger partial charge in [0.2, 0.25) is 0 Å². The molecule has 0 atom stereocenters. The van der Waals surface area contributed by atoms with Gasteiger partial charge in [0.25, 0.3) is 0 Å². The summed E-state index contributed by atoms with van der Waals surface area (Å²) in [6.45, 7) is 0. The Morgan fingerprint density at radius 2 is 1.80 bits per heavy atom. The maximum absolute atomic E-state index is 4.87. The van der Waals surface area contributed by atoms with E-state index in [4.69, 9.17) is 4.98 Å². The van der Waals surface area contributed by atoms with Crippen molar-refractivity contribution in [2.45, 2.75) is 57.4 Å². The Morgan fingerprint density at radius 3 is 2.70 bits per heavy atom. The fourth-order valence-electron chi connectivity index (χ4n) is 3.83. The van der Waals surface area contributed by atoms with Crippen LogP contribution in [0.2, 0.25) is 0 Å². The Morgan fingerprint density at radius 1 is 0.950 bits per heavy atom. The minimum Gasteiger partial charge on any atom is -0.381 e. The van der Waals surface area contributed by atoms with Crippen LogP contribution in [0, 0.1) is 0 Å². The number of benzene rings is 1. The van der Waals surface area contributed by atoms with Crippen LogP contribution in [0.25, 0.3) is 10.9 Å². The first-order valence-electron chi connectivity index (χ1n) is 8.09. The maximum Gasteiger partial charge on any atom is 0.0726 e. The molecule has 0 amide bonds. The lowest BCUT2D eigenvalue weighted by atomic mass is 9.94. The molecule has 0 unspecified atom stereocenters. The molecule has 0 saturated heterocycles. The summed E-state index contributed by atoms with van der Waals surface area (Å²) < 4.78 is 0. The summed E-state index contributed by atoms with van der Waals surface area (Å²) in [5.74, 6) is 0. The molecule has 1 heterocycles. The van der Waals surface area contributed by atoms with Gasteiger partial charge in [-0.3, -0.25) is 4.98 Å². The van der Waals surface area contributed by atoms with Crippen LogP contribution < -0.4 is 5.32 Å². The third-order valence-corrected chi connectivity index (χ3v) is 4.87. The summed E-state index contributed by atoms with van der Waals surface area (Å²) in [6, 6.07) is 9.28. The summed E-state index contributed by atoms with van der Waals surface area (Å²) >= 11 is 0. The summed E-state index contributed by atoms with van der Waals surface area (Å²) in [4.78, 5) is 4.87. The Balaban J connectivity index is 1.79. The van der Waals surface area contributed by atoms with Gasteiger partial charge in [-0.2, -0.15) is 0 Å². The molecule has 0 aliphatic heterocycles. The normalized spacial score (nSPS) is 19.2. The fraction of sp³-hybridized carbons (Fsp3) is 0.500. The molecule has 2 heteroatoms. The predicted molar refractivity (Wildman–Crippen MR) is 84.3 cm³/mol. The van der Waals surface area contributed by atoms with Crippen LogP contribution >= 0.6 is 0 Å². The van der Waals surface area contributed by atoms with E-state index in [1.54, 1.807) is 0 Å². The molecule has 1 aromatic carbocycles. The zero-order valence-corrected chi connectivity index (χ0v) is 12.0. The van der Waals surface area contributed by atoms with Crippen LogP contribution in [0.5, 0.6) is 0 Å². The maximum atomic E-state index is 4.87. The van der Waals surface area contributed by atoms with E-state index < -0.39 is 0 Å². The zero-order chi connectivity index (χ0) is 13.4. The molecule has 2 aromatic rings. The van der Waals surface area contributed by atoms with Crippen LogP contribution in [0.4, 0.5) is 5.69 Å². The molecule has 1 aromatic heterocycles. The van der Waals surface area contributed by atoms with Crippen molar-refractivity contribution < 1.29 is 0 Å². The van der Waals surface area contributed by atoms with Gasteiger partial charge in [0.05, 0.1) is 5.52 Å². The third-order valence-electron chi connectivity index (χ3n) is 4.87. The number of hydrogen-bond acceptors (Lipinski definition) is 2. The van der Waals surface area contributed by atoms with Gasteiger partial charge in [-0.25, -0.2) is 0 Å². The number of hydrogen-bond donors (Lipinski definition) is 1. The number of aryl methyl sites for hydroxylation is 1. The first kappa shape index (κ1) is 12.2. The molecule has 1 saturated carbocycles. The molecule has 104 valence electrons. The molecular formula is C18H22N2. The van der Waals surface area contributed by atoms with Gasteiger partial charge in [0, 0.05) is 22.8 Å². The number of para-hydroxylation sites is 1. The number of rotatable bonds is 2. The molecule has 1 N–H and O–H groups in total. The molecule has 2 aliphatic rings. The molecule has 1 fully saturated rings. The number of pyridine rings is 1. The van der Waals surface area contributed by atoms with Crippen molar-refractivity contribution >= 4 is 16.6 Å². The summed E-state index contributed by atoms with van der Waals surface area (Å²) in [5.41, 5.74) is 5.39. The third kappa shape index (κ3) is 2.07. The second kappa shape index (κ2) is 5.08. The van der Waals surface area contributed by atoms with Crippen molar-refractivity contribution in [3.8, 4) is 0 Å². The summed E-state index contributed by atoms with van der Waals surface area (Å²) in [7, 11) is 0. The van der Waals surface area contributed by atoms with Gasteiger partial charge in [-0.1, -0.05) is 37.5 Å². The number of nitrogens with one attached hydrogen (secondary N) is 1. The molecule has 20 heavy (non-hydrogen) atoms. The van der Waals surface area contributed by atoms with E-state index in [0.29, 0.717) is 6.04 Å². The highest BCUT2D eigenvalue weighted by Gasteiger charge is 2.22. The lowest BCUT2D eigenvalue weighted by Crippen LogP contribution is -2.23. The average molecular weight is 266 g/mol. The van der Waals surface area contributed by atoms with Gasteiger partial charge < -0.3 is 5.32 Å². The van der Waals surface area contributed by atoms with Crippen molar-refractivity contribution in [2.75, 3.05) is 5.32 Å². The van der Waals surface area contributed by atoms with Gasteiger partial charge in [-0.05, 0) is 43.7 Å². The highest BCUT2D eigenvalue weighted by atomic mass is 14.9. The smallest absolute Gasteiger partial charge is 0.0726 e. The molecule has 0 radical (unpaired) electrons. The number of fused-ring (bicyclic) bond motifs is 2. The molecule has 0 bridgehead atoms. The zero-order valence-electron chi connectivity index (χ0n) is 12.0. The SMILES string of the molecule is c1ccc2c(NC3CCCCC3)c3c(nc2c1)CCC3. The van der Waals surface area contributed by atoms with Crippen molar-refractivity contribution in [1.29, 1.82) is 0 Å². The summed E-state index contributed by atoms with van der Waals surface area (Å²) in [5, 5.41) is 5.20. The first-order chi connectivity index (χ1) is 9.92. The Kier molecular flexibility index (Phi) is 3.10. The monoisotopic (exact) mass is 266 g/mol. The number of anilines is 1. The quantitative estimate of drug-likeness (QED) is 0.867. The van der Waals surface area contributed by atoms with E-state index in [1.807, 2.05) is 0 Å². The lowest BCUT2D eigenvalue weighted by molar-refractivity contribution is 0.463. The minimum atomic E-state index is 0.666. The second-order valence-corrected chi connectivity index (χ2v) is 6.26. The topological polar surface area (TPSA) is 24.9 Å². The Hall–Kier alpha value is -1.57. The highest BCUT2D eigenvalue weighted by molar-refractivity contribution is 5.93. The standard InChI is InChI=1S/C18H22N2/c1-2-7-13(8-3-1)19-18-14-9-4-5-11-16(14)20-17-12-6-10-15(17)18/h4-5,9,11,13H,1-3,6-8,10,12H2,(H,19,20). The summed E-state index contributed by atoms with van der Waals surface area (Å²) in [6.07, 6.45) is 10.4.